The molecule has 0 spiro atoms. The summed E-state index contributed by atoms with van der Waals surface area (Å²) in [6.07, 6.45) is 6.21. The summed E-state index contributed by atoms with van der Waals surface area (Å²) in [4.78, 5) is 0. The van der Waals surface area contributed by atoms with Crippen molar-refractivity contribution in [3.8, 4) is 0 Å². The Morgan fingerprint density at radius 2 is 2.05 bits per heavy atom. The lowest BCUT2D eigenvalue weighted by molar-refractivity contribution is 0.344. The SMILES string of the molecule is CCc1nn(C)c(CC(NC)C2CC3CC3C2)c1Cl. The summed E-state index contributed by atoms with van der Waals surface area (Å²) in [7, 11) is 4.10. The molecule has 0 bridgehead atoms. The van der Waals surface area contributed by atoms with Crippen molar-refractivity contribution in [2.45, 2.75) is 45.1 Å². The highest BCUT2D eigenvalue weighted by Gasteiger charge is 2.47. The van der Waals surface area contributed by atoms with Gasteiger partial charge in [0.05, 0.1) is 16.4 Å². The lowest BCUT2D eigenvalue weighted by Crippen LogP contribution is -2.35. The molecule has 2 saturated carbocycles. The van der Waals surface area contributed by atoms with E-state index in [0.29, 0.717) is 6.04 Å². The van der Waals surface area contributed by atoms with Crippen LogP contribution in [0.4, 0.5) is 0 Å². The van der Waals surface area contributed by atoms with E-state index in [1.165, 1.54) is 25.0 Å². The third kappa shape index (κ3) is 2.43. The summed E-state index contributed by atoms with van der Waals surface area (Å²) < 4.78 is 1.97. The molecular formula is C15H24ClN3. The maximum atomic E-state index is 6.46. The van der Waals surface area contributed by atoms with Crippen LogP contribution in [0.5, 0.6) is 0 Å². The minimum Gasteiger partial charge on any atom is -0.316 e. The van der Waals surface area contributed by atoms with E-state index in [1.54, 1.807) is 0 Å². The zero-order valence-electron chi connectivity index (χ0n) is 12.1. The molecule has 0 aromatic carbocycles. The van der Waals surface area contributed by atoms with Gasteiger partial charge in [0.2, 0.25) is 0 Å². The molecule has 3 unspecified atom stereocenters. The van der Waals surface area contributed by atoms with Crippen LogP contribution in [-0.4, -0.2) is 22.9 Å². The Morgan fingerprint density at radius 1 is 1.37 bits per heavy atom. The van der Waals surface area contributed by atoms with E-state index in [9.17, 15) is 0 Å². The fourth-order valence-corrected chi connectivity index (χ4v) is 4.22. The molecule has 2 fully saturated rings. The van der Waals surface area contributed by atoms with Crippen LogP contribution >= 0.6 is 11.6 Å². The first-order valence-corrected chi connectivity index (χ1v) is 7.89. The highest BCUT2D eigenvalue weighted by molar-refractivity contribution is 6.31. The molecule has 0 saturated heterocycles. The molecule has 3 atom stereocenters. The topological polar surface area (TPSA) is 29.9 Å². The van der Waals surface area contributed by atoms with Crippen LogP contribution in [0.25, 0.3) is 0 Å². The quantitative estimate of drug-likeness (QED) is 0.899. The van der Waals surface area contributed by atoms with Gasteiger partial charge in [0.15, 0.2) is 0 Å². The molecule has 0 aliphatic heterocycles. The molecular weight excluding hydrogens is 258 g/mol. The van der Waals surface area contributed by atoms with E-state index in [2.05, 4.69) is 24.4 Å². The standard InChI is InChI=1S/C15H24ClN3/c1-4-12-15(16)14(19(3)18-12)8-13(17-2)11-6-9-5-10(9)7-11/h9-11,13,17H,4-8H2,1-3H3. The van der Waals surface area contributed by atoms with Gasteiger partial charge in [-0.1, -0.05) is 18.5 Å². The summed E-state index contributed by atoms with van der Waals surface area (Å²) in [5, 5.41) is 8.92. The number of hydrogen-bond acceptors (Lipinski definition) is 2. The molecule has 3 rings (SSSR count). The monoisotopic (exact) mass is 281 g/mol. The Labute approximate surface area is 120 Å². The van der Waals surface area contributed by atoms with Crippen molar-refractivity contribution < 1.29 is 0 Å². The smallest absolute Gasteiger partial charge is 0.0850 e. The summed E-state index contributed by atoms with van der Waals surface area (Å²) in [5.41, 5.74) is 2.22. The molecule has 1 N–H and O–H groups in total. The lowest BCUT2D eigenvalue weighted by atomic mass is 9.91. The Morgan fingerprint density at radius 3 is 2.58 bits per heavy atom. The van der Waals surface area contributed by atoms with E-state index in [4.69, 9.17) is 11.6 Å². The van der Waals surface area contributed by atoms with Crippen molar-refractivity contribution >= 4 is 11.6 Å². The van der Waals surface area contributed by atoms with Crippen LogP contribution in [0, 0.1) is 17.8 Å². The zero-order valence-corrected chi connectivity index (χ0v) is 12.9. The number of rotatable bonds is 5. The minimum atomic E-state index is 0.547. The third-order valence-corrected chi connectivity index (χ3v) is 5.57. The molecule has 1 aromatic heterocycles. The molecule has 1 aromatic rings. The molecule has 2 aliphatic carbocycles. The van der Waals surface area contributed by atoms with Gasteiger partial charge >= 0.3 is 0 Å². The molecule has 0 amide bonds. The average molecular weight is 282 g/mol. The van der Waals surface area contributed by atoms with Gasteiger partial charge in [-0.15, -0.1) is 0 Å². The fourth-order valence-electron chi connectivity index (χ4n) is 3.84. The van der Waals surface area contributed by atoms with Crippen LogP contribution in [0.2, 0.25) is 5.02 Å². The molecule has 2 aliphatic rings. The predicted molar refractivity (Wildman–Crippen MR) is 78.5 cm³/mol. The van der Waals surface area contributed by atoms with E-state index in [1.807, 2.05) is 11.7 Å². The van der Waals surface area contributed by atoms with Gasteiger partial charge in [-0.25, -0.2) is 0 Å². The summed E-state index contributed by atoms with van der Waals surface area (Å²) in [5.74, 6) is 2.90. The second-order valence-corrected chi connectivity index (χ2v) is 6.65. The largest absolute Gasteiger partial charge is 0.316 e. The predicted octanol–water partition coefficient (Wildman–Crippen LogP) is 2.81. The Kier molecular flexibility index (Phi) is 3.61. The second kappa shape index (κ2) is 5.10. The van der Waals surface area contributed by atoms with Crippen molar-refractivity contribution in [2.24, 2.45) is 24.8 Å². The highest BCUT2D eigenvalue weighted by Crippen LogP contribution is 2.55. The first kappa shape index (κ1) is 13.4. The summed E-state index contributed by atoms with van der Waals surface area (Å²) >= 11 is 6.46. The van der Waals surface area contributed by atoms with E-state index < -0.39 is 0 Å². The van der Waals surface area contributed by atoms with Crippen LogP contribution in [0.1, 0.15) is 37.6 Å². The molecule has 1 heterocycles. The van der Waals surface area contributed by atoms with E-state index in [-0.39, 0.29) is 0 Å². The van der Waals surface area contributed by atoms with Gasteiger partial charge in [-0.2, -0.15) is 5.10 Å². The fraction of sp³-hybridized carbons (Fsp3) is 0.800. The van der Waals surface area contributed by atoms with Crippen molar-refractivity contribution in [1.82, 2.24) is 15.1 Å². The number of likely N-dealkylation sites (N-methyl/N-ethyl adjacent to an activating group) is 1. The highest BCUT2D eigenvalue weighted by atomic mass is 35.5. The number of hydrogen-bond donors (Lipinski definition) is 1. The molecule has 0 radical (unpaired) electrons. The van der Waals surface area contributed by atoms with Crippen LogP contribution in [0.15, 0.2) is 0 Å². The second-order valence-electron chi connectivity index (χ2n) is 6.27. The maximum Gasteiger partial charge on any atom is 0.0850 e. The van der Waals surface area contributed by atoms with E-state index in [0.717, 1.165) is 41.3 Å². The maximum absolute atomic E-state index is 6.46. The lowest BCUT2D eigenvalue weighted by Gasteiger charge is -2.24. The van der Waals surface area contributed by atoms with Gasteiger partial charge in [0, 0.05) is 19.5 Å². The Bertz CT molecular complexity index is 458. The van der Waals surface area contributed by atoms with Gasteiger partial charge < -0.3 is 5.32 Å². The van der Waals surface area contributed by atoms with Gasteiger partial charge in [-0.3, -0.25) is 4.68 Å². The number of aromatic nitrogens is 2. The average Bonchev–Trinajstić information content (AvgIpc) is 2.92. The zero-order chi connectivity index (χ0) is 13.6. The molecule has 19 heavy (non-hydrogen) atoms. The van der Waals surface area contributed by atoms with Crippen LogP contribution in [0.3, 0.4) is 0 Å². The Balaban J connectivity index is 1.73. The van der Waals surface area contributed by atoms with Crippen molar-refractivity contribution in [3.63, 3.8) is 0 Å². The minimum absolute atomic E-state index is 0.547. The van der Waals surface area contributed by atoms with Gasteiger partial charge in [0.1, 0.15) is 0 Å². The first-order valence-electron chi connectivity index (χ1n) is 7.51. The van der Waals surface area contributed by atoms with Crippen molar-refractivity contribution in [3.05, 3.63) is 16.4 Å². The number of fused-ring (bicyclic) bond motifs is 1. The summed E-state index contributed by atoms with van der Waals surface area (Å²) in [6, 6.07) is 0.547. The molecule has 4 heteroatoms. The Hall–Kier alpha value is -0.540. The van der Waals surface area contributed by atoms with Crippen LogP contribution in [-0.2, 0) is 19.9 Å². The number of aryl methyl sites for hydroxylation is 2. The van der Waals surface area contributed by atoms with E-state index >= 15 is 0 Å². The van der Waals surface area contributed by atoms with Crippen LogP contribution < -0.4 is 5.32 Å². The van der Waals surface area contributed by atoms with Crippen molar-refractivity contribution in [1.29, 1.82) is 0 Å². The number of nitrogens with zero attached hydrogens (tertiary/aromatic N) is 2. The number of halogens is 1. The normalized spacial score (nSPS) is 30.4. The molecule has 106 valence electrons. The number of nitrogens with one attached hydrogen (secondary N) is 1. The molecule has 3 nitrogen and oxygen atoms in total. The van der Waals surface area contributed by atoms with Gasteiger partial charge in [-0.05, 0) is 50.5 Å². The summed E-state index contributed by atoms with van der Waals surface area (Å²) in [6.45, 7) is 2.11. The first-order chi connectivity index (χ1) is 9.13. The van der Waals surface area contributed by atoms with Crippen molar-refractivity contribution in [2.75, 3.05) is 7.05 Å². The van der Waals surface area contributed by atoms with Gasteiger partial charge in [0.25, 0.3) is 0 Å². The third-order valence-electron chi connectivity index (χ3n) is 5.14.